The van der Waals surface area contributed by atoms with E-state index in [4.69, 9.17) is 4.74 Å². The van der Waals surface area contributed by atoms with Crippen molar-refractivity contribution in [1.29, 1.82) is 0 Å². The molecule has 2 aromatic rings. The van der Waals surface area contributed by atoms with Gasteiger partial charge in [-0.2, -0.15) is 4.98 Å². The van der Waals surface area contributed by atoms with Gasteiger partial charge in [0.05, 0.1) is 5.69 Å². The Labute approximate surface area is 187 Å². The molecule has 0 radical (unpaired) electrons. The number of nitrogens with one attached hydrogen (secondary N) is 1. The molecule has 0 unspecified atom stereocenters. The van der Waals surface area contributed by atoms with Gasteiger partial charge in [0.2, 0.25) is 11.9 Å². The highest BCUT2D eigenvalue weighted by atomic mass is 19.4. The molecular weight excluding hydrogens is 446 g/mol. The first-order chi connectivity index (χ1) is 15.4. The molecule has 1 aliphatic carbocycles. The van der Waals surface area contributed by atoms with Crippen LogP contribution in [0.2, 0.25) is 0 Å². The van der Waals surface area contributed by atoms with E-state index in [2.05, 4.69) is 20.0 Å². The quantitative estimate of drug-likeness (QED) is 0.670. The van der Waals surface area contributed by atoms with Gasteiger partial charge in [-0.3, -0.25) is 4.79 Å². The van der Waals surface area contributed by atoms with Crippen LogP contribution in [0.5, 0.6) is 11.5 Å². The molecule has 1 aromatic carbocycles. The van der Waals surface area contributed by atoms with Gasteiger partial charge in [0, 0.05) is 39.0 Å². The average Bonchev–Trinajstić information content (AvgIpc) is 2.69. The van der Waals surface area contributed by atoms with Crippen LogP contribution in [0.1, 0.15) is 25.5 Å². The number of nitrogens with zero attached hydrogens (tertiary/aromatic N) is 4. The third-order valence-electron chi connectivity index (χ3n) is 5.84. The first kappa shape index (κ1) is 22.9. The van der Waals surface area contributed by atoms with E-state index in [0.29, 0.717) is 36.0 Å². The number of benzene rings is 1. The van der Waals surface area contributed by atoms with Gasteiger partial charge < -0.3 is 24.6 Å². The van der Waals surface area contributed by atoms with Crippen molar-refractivity contribution in [2.45, 2.75) is 51.2 Å². The second-order valence-corrected chi connectivity index (χ2v) is 8.18. The maximum absolute atomic E-state index is 13.8. The highest BCUT2D eigenvalue weighted by Gasteiger charge is 2.36. The van der Waals surface area contributed by atoms with E-state index >= 15 is 0 Å². The number of hydrogen-bond donors (Lipinski definition) is 1. The molecule has 0 saturated heterocycles. The standard InChI is InChI=1S/C21H23F4N5O3/c1-10-17-18(29(3)11(2)19(31)30(17)4)28-20(26-10)27-12-7-14(8-12)32-13-5-6-16(15(22)9-13)33-21(23,24)25/h5-6,9,11-12,14H,7-8H2,1-4H3,(H,26,27,28)/t11-,12?,14?/m0/s1. The summed E-state index contributed by atoms with van der Waals surface area (Å²) in [5.74, 6) is -0.895. The Morgan fingerprint density at radius 2 is 1.88 bits per heavy atom. The second-order valence-electron chi connectivity index (χ2n) is 8.18. The summed E-state index contributed by atoms with van der Waals surface area (Å²) in [6.07, 6.45) is -4.05. The van der Waals surface area contributed by atoms with Crippen molar-refractivity contribution in [2.75, 3.05) is 29.2 Å². The van der Waals surface area contributed by atoms with E-state index in [-0.39, 0.29) is 29.8 Å². The summed E-state index contributed by atoms with van der Waals surface area (Å²) in [7, 11) is 3.51. The number of carbonyl (C=O) groups excluding carboxylic acids is 1. The minimum absolute atomic E-state index is 0.0100. The zero-order chi connectivity index (χ0) is 24.1. The summed E-state index contributed by atoms with van der Waals surface area (Å²) in [5.41, 5.74) is 1.34. The predicted molar refractivity (Wildman–Crippen MR) is 112 cm³/mol. The lowest BCUT2D eigenvalue weighted by atomic mass is 9.89. The number of rotatable bonds is 5. The SMILES string of the molecule is Cc1nc(NC2CC(Oc3ccc(OC(F)(F)F)c(F)c3)C2)nc2c1N(C)C(=O)[C@H](C)N2C. The van der Waals surface area contributed by atoms with Crippen LogP contribution < -0.4 is 24.6 Å². The molecule has 12 heteroatoms. The van der Waals surface area contributed by atoms with Crippen molar-refractivity contribution in [1.82, 2.24) is 9.97 Å². The minimum atomic E-state index is -4.97. The molecule has 178 valence electrons. The number of hydrogen-bond acceptors (Lipinski definition) is 7. The third kappa shape index (κ3) is 4.60. The minimum Gasteiger partial charge on any atom is -0.490 e. The number of alkyl halides is 3. The van der Waals surface area contributed by atoms with E-state index < -0.39 is 17.9 Å². The number of carbonyl (C=O) groups is 1. The molecule has 0 bridgehead atoms. The number of halogens is 4. The molecule has 1 N–H and O–H groups in total. The smallest absolute Gasteiger partial charge is 0.490 e. The lowest BCUT2D eigenvalue weighted by molar-refractivity contribution is -0.275. The Kier molecular flexibility index (Phi) is 5.71. The van der Waals surface area contributed by atoms with Crippen LogP contribution in [0, 0.1) is 12.7 Å². The predicted octanol–water partition coefficient (Wildman–Crippen LogP) is 3.65. The van der Waals surface area contributed by atoms with Crippen molar-refractivity contribution < 1.29 is 31.8 Å². The fourth-order valence-corrected chi connectivity index (χ4v) is 3.91. The largest absolute Gasteiger partial charge is 0.573 e. The van der Waals surface area contributed by atoms with Gasteiger partial charge in [0.1, 0.15) is 23.6 Å². The van der Waals surface area contributed by atoms with Crippen LogP contribution in [-0.2, 0) is 4.79 Å². The van der Waals surface area contributed by atoms with Gasteiger partial charge in [-0.05, 0) is 26.0 Å². The van der Waals surface area contributed by atoms with E-state index in [0.717, 1.165) is 12.1 Å². The third-order valence-corrected chi connectivity index (χ3v) is 5.84. The topological polar surface area (TPSA) is 79.8 Å². The van der Waals surface area contributed by atoms with E-state index in [9.17, 15) is 22.4 Å². The Bertz CT molecular complexity index is 1070. The van der Waals surface area contributed by atoms with Crippen LogP contribution in [0.15, 0.2) is 18.2 Å². The van der Waals surface area contributed by atoms with Crippen LogP contribution >= 0.6 is 0 Å². The second kappa shape index (κ2) is 8.23. The van der Waals surface area contributed by atoms with Crippen LogP contribution in [-0.4, -0.2) is 54.5 Å². The molecule has 0 spiro atoms. The maximum Gasteiger partial charge on any atom is 0.573 e. The molecule has 1 fully saturated rings. The van der Waals surface area contributed by atoms with Crippen LogP contribution in [0.25, 0.3) is 0 Å². The number of aryl methyl sites for hydroxylation is 1. The van der Waals surface area contributed by atoms with Gasteiger partial charge in [-0.15, -0.1) is 13.2 Å². The molecule has 1 aliphatic heterocycles. The van der Waals surface area contributed by atoms with Crippen LogP contribution in [0.3, 0.4) is 0 Å². The van der Waals surface area contributed by atoms with Crippen LogP contribution in [0.4, 0.5) is 35.0 Å². The van der Waals surface area contributed by atoms with E-state index in [1.807, 2.05) is 25.8 Å². The van der Waals surface area contributed by atoms with Crippen molar-refractivity contribution >= 4 is 23.4 Å². The summed E-state index contributed by atoms with van der Waals surface area (Å²) in [6, 6.07) is 2.65. The molecule has 8 nitrogen and oxygen atoms in total. The maximum atomic E-state index is 13.8. The monoisotopic (exact) mass is 469 g/mol. The number of fused-ring (bicyclic) bond motifs is 1. The summed E-state index contributed by atoms with van der Waals surface area (Å²) in [4.78, 5) is 24.8. The van der Waals surface area contributed by atoms with Crippen molar-refractivity contribution in [3.05, 3.63) is 29.7 Å². The fourth-order valence-electron chi connectivity index (χ4n) is 3.91. The van der Waals surface area contributed by atoms with Gasteiger partial charge in [-0.1, -0.05) is 0 Å². The molecule has 33 heavy (non-hydrogen) atoms. The summed E-state index contributed by atoms with van der Waals surface area (Å²) in [5, 5.41) is 3.24. The lowest BCUT2D eigenvalue weighted by Gasteiger charge is -2.38. The Balaban J connectivity index is 1.37. The highest BCUT2D eigenvalue weighted by Crippen LogP contribution is 2.37. The van der Waals surface area contributed by atoms with Crippen molar-refractivity contribution in [3.63, 3.8) is 0 Å². The first-order valence-corrected chi connectivity index (χ1v) is 10.3. The molecule has 1 amide bonds. The summed E-state index contributed by atoms with van der Waals surface area (Å²) in [6.45, 7) is 3.62. The van der Waals surface area contributed by atoms with Crippen molar-refractivity contribution in [3.8, 4) is 11.5 Å². The number of aromatic nitrogens is 2. The van der Waals surface area contributed by atoms with Gasteiger partial charge >= 0.3 is 6.36 Å². The van der Waals surface area contributed by atoms with Crippen molar-refractivity contribution in [2.24, 2.45) is 0 Å². The number of likely N-dealkylation sites (N-methyl/N-ethyl adjacent to an activating group) is 2. The molecule has 2 aliphatic rings. The zero-order valence-electron chi connectivity index (χ0n) is 18.4. The Morgan fingerprint density at radius 1 is 1.18 bits per heavy atom. The number of anilines is 3. The number of amides is 1. The Morgan fingerprint density at radius 3 is 2.52 bits per heavy atom. The highest BCUT2D eigenvalue weighted by molar-refractivity contribution is 6.04. The summed E-state index contributed by atoms with van der Waals surface area (Å²) < 4.78 is 59.9. The van der Waals surface area contributed by atoms with Gasteiger partial charge in [0.25, 0.3) is 0 Å². The van der Waals surface area contributed by atoms with Gasteiger partial charge in [-0.25, -0.2) is 9.37 Å². The lowest BCUT2D eigenvalue weighted by Crippen LogP contribution is -2.50. The molecule has 1 saturated carbocycles. The zero-order valence-corrected chi connectivity index (χ0v) is 18.4. The molecule has 4 rings (SSSR count). The first-order valence-electron chi connectivity index (χ1n) is 10.3. The average molecular weight is 469 g/mol. The molecule has 2 heterocycles. The number of ether oxygens (including phenoxy) is 2. The molecule has 1 atom stereocenters. The molecule has 1 aromatic heterocycles. The van der Waals surface area contributed by atoms with E-state index in [1.54, 1.807) is 11.9 Å². The summed E-state index contributed by atoms with van der Waals surface area (Å²) >= 11 is 0. The normalized spacial score (nSPS) is 22.5. The fraction of sp³-hybridized carbons (Fsp3) is 0.476. The Hall–Kier alpha value is -3.31. The van der Waals surface area contributed by atoms with E-state index in [1.165, 1.54) is 6.07 Å². The van der Waals surface area contributed by atoms with Gasteiger partial charge in [0.15, 0.2) is 17.4 Å². The molecular formula is C21H23F4N5O3.